The van der Waals surface area contributed by atoms with Gasteiger partial charge in [-0.3, -0.25) is 5.32 Å². The molecule has 0 saturated carbocycles. The van der Waals surface area contributed by atoms with E-state index in [-0.39, 0.29) is 5.91 Å². The minimum Gasteiger partial charge on any atom is -0.356 e. The number of ether oxygens (including phenoxy) is 1. The van der Waals surface area contributed by atoms with E-state index in [1.165, 1.54) is 0 Å². The lowest BCUT2D eigenvalue weighted by Gasteiger charge is -2.24. The van der Waals surface area contributed by atoms with Crippen LogP contribution in [-0.4, -0.2) is 24.7 Å². The Morgan fingerprint density at radius 1 is 1.67 bits per heavy atom. The number of hydrogen-bond donors (Lipinski definition) is 1. The topological polar surface area (TPSA) is 42.9 Å². The molecule has 0 aliphatic carbocycles. The summed E-state index contributed by atoms with van der Waals surface area (Å²) in [6.45, 7) is 5.04. The summed E-state index contributed by atoms with van der Waals surface area (Å²) in [4.78, 5) is 10.9. The summed E-state index contributed by atoms with van der Waals surface area (Å²) in [7, 11) is 0. The molecule has 1 amide bonds. The third kappa shape index (κ3) is 1.28. The molecule has 0 radical (unpaired) electrons. The van der Waals surface area contributed by atoms with Gasteiger partial charge in [0.1, 0.15) is 6.54 Å². The van der Waals surface area contributed by atoms with E-state index in [9.17, 15) is 4.79 Å². The molecule has 0 aromatic carbocycles. The predicted molar refractivity (Wildman–Crippen MR) is 31.8 cm³/mol. The van der Waals surface area contributed by atoms with Crippen LogP contribution in [0.2, 0.25) is 0 Å². The lowest BCUT2D eigenvalue weighted by molar-refractivity contribution is -0.592. The van der Waals surface area contributed by atoms with Gasteiger partial charge >= 0.3 is 5.91 Å². The third-order valence-corrected chi connectivity index (χ3v) is 1.50. The number of quaternary nitrogens is 1. The smallest absolute Gasteiger partial charge is 0.341 e. The van der Waals surface area contributed by atoms with Crippen molar-refractivity contribution in [2.24, 2.45) is 0 Å². The van der Waals surface area contributed by atoms with Crippen LogP contribution in [0.1, 0.15) is 13.8 Å². The lowest BCUT2D eigenvalue weighted by Crippen LogP contribution is -2.95. The predicted octanol–water partition coefficient (Wildman–Crippen LogP) is -1.11. The van der Waals surface area contributed by atoms with Crippen molar-refractivity contribution >= 4 is 5.91 Å². The van der Waals surface area contributed by atoms with Gasteiger partial charge in [-0.15, -0.1) is 0 Å². The molecule has 2 N–H and O–H groups in total. The molecule has 3 nitrogen and oxygen atoms in total. The van der Waals surface area contributed by atoms with Crippen LogP contribution in [0.15, 0.2) is 0 Å². The summed E-state index contributed by atoms with van der Waals surface area (Å²) in [6.07, 6.45) is 0. The molecule has 1 aliphatic rings. The van der Waals surface area contributed by atoms with Gasteiger partial charge in [0, 0.05) is 0 Å². The first-order valence-electron chi connectivity index (χ1n) is 3.14. The van der Waals surface area contributed by atoms with E-state index in [1.807, 2.05) is 0 Å². The van der Waals surface area contributed by atoms with Crippen molar-refractivity contribution in [3.63, 3.8) is 0 Å². The Hall–Kier alpha value is -0.410. The maximum absolute atomic E-state index is 10.9. The maximum Gasteiger partial charge on any atom is 0.341 e. The largest absolute Gasteiger partial charge is 0.356 e. The molecule has 0 aromatic rings. The summed E-state index contributed by atoms with van der Waals surface area (Å²) in [5, 5.41) is 1.70. The number of amides is 1. The second kappa shape index (κ2) is 2.08. The molecule has 9 heavy (non-hydrogen) atoms. The molecule has 0 spiro atoms. The average Bonchev–Trinajstić information content (AvgIpc) is 1.77. The number of carbonyl (C=O) groups excluding carboxylic acids is 1. The molecular formula is C6H12NO2+. The van der Waals surface area contributed by atoms with Gasteiger partial charge in [-0.05, 0) is 13.8 Å². The van der Waals surface area contributed by atoms with Crippen molar-refractivity contribution in [2.45, 2.75) is 19.4 Å². The number of nitrogens with two attached hydrogens (primary N) is 1. The van der Waals surface area contributed by atoms with E-state index in [2.05, 4.69) is 0 Å². The van der Waals surface area contributed by atoms with E-state index in [0.717, 1.165) is 6.54 Å². The van der Waals surface area contributed by atoms with E-state index in [1.54, 1.807) is 19.2 Å². The van der Waals surface area contributed by atoms with Crippen molar-refractivity contribution in [2.75, 3.05) is 13.2 Å². The minimum absolute atomic E-state index is 0.105. The first kappa shape index (κ1) is 6.71. The molecule has 0 bridgehead atoms. The van der Waals surface area contributed by atoms with Crippen LogP contribution in [0.3, 0.4) is 0 Å². The standard InChI is InChI=1S/C6H11NO2/c1-6(2)5(8)7-3-4-9-6/h3-4H2,1-2H3,(H,7,8)/p+1. The van der Waals surface area contributed by atoms with Gasteiger partial charge in [0.05, 0.1) is 6.61 Å². The van der Waals surface area contributed by atoms with Crippen LogP contribution in [0.25, 0.3) is 0 Å². The Morgan fingerprint density at radius 2 is 2.33 bits per heavy atom. The minimum atomic E-state index is -0.557. The van der Waals surface area contributed by atoms with Crippen molar-refractivity contribution < 1.29 is 14.8 Å². The SMILES string of the molecule is CC1(C)OCC[NH2+]C1=O. The van der Waals surface area contributed by atoms with Crippen molar-refractivity contribution in [3.8, 4) is 0 Å². The Balaban J connectivity index is 2.60. The second-order valence-corrected chi connectivity index (χ2v) is 2.72. The fourth-order valence-electron chi connectivity index (χ4n) is 0.821. The van der Waals surface area contributed by atoms with Gasteiger partial charge in [-0.1, -0.05) is 0 Å². The molecule has 1 rings (SSSR count). The molecular weight excluding hydrogens is 118 g/mol. The lowest BCUT2D eigenvalue weighted by atomic mass is 10.1. The fourth-order valence-corrected chi connectivity index (χ4v) is 0.821. The highest BCUT2D eigenvalue weighted by molar-refractivity contribution is 5.75. The molecule has 1 saturated heterocycles. The van der Waals surface area contributed by atoms with Gasteiger partial charge in [0.2, 0.25) is 0 Å². The van der Waals surface area contributed by atoms with Gasteiger partial charge in [0.25, 0.3) is 0 Å². The van der Waals surface area contributed by atoms with Crippen LogP contribution in [-0.2, 0) is 9.53 Å². The molecule has 52 valence electrons. The summed E-state index contributed by atoms with van der Waals surface area (Å²) >= 11 is 0. The molecule has 0 atom stereocenters. The van der Waals surface area contributed by atoms with Crippen molar-refractivity contribution in [1.29, 1.82) is 0 Å². The number of morpholine rings is 1. The van der Waals surface area contributed by atoms with Gasteiger partial charge in [0.15, 0.2) is 5.60 Å². The summed E-state index contributed by atoms with van der Waals surface area (Å²) < 4.78 is 5.20. The van der Waals surface area contributed by atoms with Gasteiger partial charge in [-0.2, -0.15) is 0 Å². The Kier molecular flexibility index (Phi) is 1.55. The maximum atomic E-state index is 10.9. The zero-order valence-corrected chi connectivity index (χ0v) is 5.81. The van der Waals surface area contributed by atoms with Crippen molar-refractivity contribution in [3.05, 3.63) is 0 Å². The number of rotatable bonds is 0. The summed E-state index contributed by atoms with van der Waals surface area (Å²) in [5.74, 6) is 0.105. The van der Waals surface area contributed by atoms with E-state index >= 15 is 0 Å². The second-order valence-electron chi connectivity index (χ2n) is 2.72. The number of hydrogen-bond acceptors (Lipinski definition) is 2. The third-order valence-electron chi connectivity index (χ3n) is 1.50. The average molecular weight is 130 g/mol. The summed E-state index contributed by atoms with van der Waals surface area (Å²) in [5.41, 5.74) is -0.557. The zero-order chi connectivity index (χ0) is 6.91. The molecule has 1 aliphatic heterocycles. The van der Waals surface area contributed by atoms with E-state index < -0.39 is 5.60 Å². The van der Waals surface area contributed by atoms with Crippen molar-refractivity contribution in [1.82, 2.24) is 0 Å². The van der Waals surface area contributed by atoms with Crippen LogP contribution >= 0.6 is 0 Å². The molecule has 0 unspecified atom stereocenters. The first-order valence-corrected chi connectivity index (χ1v) is 3.14. The van der Waals surface area contributed by atoms with Gasteiger partial charge < -0.3 is 4.74 Å². The monoisotopic (exact) mass is 130 g/mol. The fraction of sp³-hybridized carbons (Fsp3) is 0.833. The molecule has 3 heteroatoms. The molecule has 1 fully saturated rings. The zero-order valence-electron chi connectivity index (χ0n) is 5.81. The highest BCUT2D eigenvalue weighted by atomic mass is 16.5. The highest BCUT2D eigenvalue weighted by Gasteiger charge is 2.35. The normalized spacial score (nSPS) is 26.2. The molecule has 1 heterocycles. The Bertz CT molecular complexity index is 131. The number of primary amides is 1. The number of carbonyl (C=O) groups is 1. The Labute approximate surface area is 54.4 Å². The van der Waals surface area contributed by atoms with E-state index in [0.29, 0.717) is 6.61 Å². The molecule has 0 aromatic heterocycles. The highest BCUT2D eigenvalue weighted by Crippen LogP contribution is 2.07. The van der Waals surface area contributed by atoms with Gasteiger partial charge in [-0.25, -0.2) is 4.79 Å². The summed E-state index contributed by atoms with van der Waals surface area (Å²) in [6, 6.07) is 0. The van der Waals surface area contributed by atoms with E-state index in [4.69, 9.17) is 4.74 Å². The Morgan fingerprint density at radius 3 is 2.67 bits per heavy atom. The van der Waals surface area contributed by atoms with Crippen LogP contribution in [0.5, 0.6) is 0 Å². The quantitative estimate of drug-likeness (QED) is 0.451. The first-order chi connectivity index (χ1) is 4.13. The van der Waals surface area contributed by atoms with Crippen LogP contribution in [0, 0.1) is 0 Å². The van der Waals surface area contributed by atoms with Crippen LogP contribution in [0.4, 0.5) is 0 Å². The van der Waals surface area contributed by atoms with Crippen LogP contribution < -0.4 is 5.32 Å².